The van der Waals surface area contributed by atoms with Gasteiger partial charge in [-0.05, 0) is 30.4 Å². The van der Waals surface area contributed by atoms with Gasteiger partial charge in [0.25, 0.3) is 0 Å². The Kier molecular flexibility index (Phi) is 3.90. The summed E-state index contributed by atoms with van der Waals surface area (Å²) in [5.41, 5.74) is 6.42. The molecule has 3 aliphatic rings. The second kappa shape index (κ2) is 5.95. The minimum absolute atomic E-state index is 0.0224. The van der Waals surface area contributed by atoms with E-state index in [-0.39, 0.29) is 29.2 Å². The molecule has 1 aromatic carbocycles. The molecule has 1 aromatic rings. The number of hydrogen-bond acceptors (Lipinski definition) is 6. The van der Waals surface area contributed by atoms with Crippen LogP contribution in [0.3, 0.4) is 0 Å². The summed E-state index contributed by atoms with van der Waals surface area (Å²) in [6.07, 6.45) is 1.82. The fourth-order valence-corrected chi connectivity index (χ4v) is 3.90. The molecule has 4 rings (SSSR count). The number of benzene rings is 1. The highest BCUT2D eigenvalue weighted by Gasteiger charge is 2.49. The summed E-state index contributed by atoms with van der Waals surface area (Å²) >= 11 is 0. The first-order valence-corrected chi connectivity index (χ1v) is 8.42. The minimum Gasteiger partial charge on any atom is -0.535 e. The number of hydrogen-bond donors (Lipinski definition) is 3. The van der Waals surface area contributed by atoms with E-state index in [1.54, 1.807) is 6.07 Å². The van der Waals surface area contributed by atoms with E-state index in [4.69, 9.17) is 15.1 Å². The average molecular weight is 332 g/mol. The zero-order valence-corrected chi connectivity index (χ0v) is 13.4. The Morgan fingerprint density at radius 1 is 1.42 bits per heavy atom. The lowest BCUT2D eigenvalue weighted by Gasteiger charge is -2.43. The van der Waals surface area contributed by atoms with Crippen molar-refractivity contribution in [2.45, 2.75) is 30.7 Å². The molecular weight excluding hydrogens is 311 g/mol. The maximum atomic E-state index is 11.8. The molecule has 0 amide bonds. The molecule has 128 valence electrons. The molecule has 24 heavy (non-hydrogen) atoms. The van der Waals surface area contributed by atoms with Crippen LogP contribution in [0, 0.1) is 0 Å². The van der Waals surface area contributed by atoms with Crippen molar-refractivity contribution in [2.75, 3.05) is 26.2 Å². The van der Waals surface area contributed by atoms with Crippen LogP contribution in [0.1, 0.15) is 34.7 Å². The predicted octanol–water partition coefficient (Wildman–Crippen LogP) is 0.527. The fourth-order valence-electron chi connectivity index (χ4n) is 3.90. The standard InChI is InChI=1S/C16H21BN2O5/c18-5-6-19-7-9(8-19)23-13-4-2-11-10-1-3-12(10)17(22)24-15(11)14(13)16(20)21/h2,4,9-10,12,22H,1,3,5-8,18H2,(H,20,21)/t10-,12-/m1/s1. The molecule has 4 N–H and O–H groups in total. The zero-order valence-electron chi connectivity index (χ0n) is 13.4. The van der Waals surface area contributed by atoms with E-state index in [2.05, 4.69) is 4.90 Å². The molecule has 1 saturated carbocycles. The van der Waals surface area contributed by atoms with Crippen LogP contribution in [0.4, 0.5) is 0 Å². The van der Waals surface area contributed by atoms with Crippen molar-refractivity contribution in [1.82, 2.24) is 4.90 Å². The van der Waals surface area contributed by atoms with Crippen LogP contribution >= 0.6 is 0 Å². The van der Waals surface area contributed by atoms with E-state index in [1.165, 1.54) is 0 Å². The second-order valence-corrected chi connectivity index (χ2v) is 6.81. The summed E-state index contributed by atoms with van der Waals surface area (Å²) in [4.78, 5) is 13.9. The van der Waals surface area contributed by atoms with Gasteiger partial charge in [-0.2, -0.15) is 0 Å². The van der Waals surface area contributed by atoms with Gasteiger partial charge in [0, 0.05) is 32.0 Å². The molecule has 0 bridgehead atoms. The number of aromatic carboxylic acids is 1. The number of carbonyl (C=O) groups is 1. The molecule has 7 nitrogen and oxygen atoms in total. The first-order chi connectivity index (χ1) is 11.6. The molecule has 2 atom stereocenters. The van der Waals surface area contributed by atoms with E-state index in [0.717, 1.165) is 38.0 Å². The highest BCUT2D eigenvalue weighted by atomic mass is 16.5. The molecule has 8 heteroatoms. The lowest BCUT2D eigenvalue weighted by Crippen LogP contribution is -2.55. The molecule has 1 saturated heterocycles. The Morgan fingerprint density at radius 2 is 2.21 bits per heavy atom. The summed E-state index contributed by atoms with van der Waals surface area (Å²) in [6, 6.07) is 3.61. The van der Waals surface area contributed by atoms with Gasteiger partial charge in [0.2, 0.25) is 0 Å². The fraction of sp³-hybridized carbons (Fsp3) is 0.562. The van der Waals surface area contributed by atoms with Crippen LogP contribution in [0.15, 0.2) is 12.1 Å². The number of nitrogens with two attached hydrogens (primary N) is 1. The number of likely N-dealkylation sites (tertiary alicyclic amines) is 1. The molecular formula is C16H21BN2O5. The number of fused-ring (bicyclic) bond motifs is 3. The maximum absolute atomic E-state index is 11.8. The van der Waals surface area contributed by atoms with Gasteiger partial charge in [-0.25, -0.2) is 4.79 Å². The van der Waals surface area contributed by atoms with Crippen LogP contribution in [0.25, 0.3) is 0 Å². The summed E-state index contributed by atoms with van der Waals surface area (Å²) < 4.78 is 11.4. The van der Waals surface area contributed by atoms with Crippen LogP contribution in [-0.4, -0.2) is 60.4 Å². The van der Waals surface area contributed by atoms with Crippen LogP contribution < -0.4 is 15.1 Å². The van der Waals surface area contributed by atoms with Crippen molar-refractivity contribution in [3.8, 4) is 11.5 Å². The molecule has 0 aromatic heterocycles. The van der Waals surface area contributed by atoms with Gasteiger partial charge < -0.3 is 25.3 Å². The van der Waals surface area contributed by atoms with Crippen molar-refractivity contribution in [3.05, 3.63) is 23.3 Å². The van der Waals surface area contributed by atoms with E-state index >= 15 is 0 Å². The van der Waals surface area contributed by atoms with E-state index < -0.39 is 13.1 Å². The summed E-state index contributed by atoms with van der Waals surface area (Å²) in [5.74, 6) is -0.262. The van der Waals surface area contributed by atoms with Gasteiger partial charge in [-0.15, -0.1) is 0 Å². The monoisotopic (exact) mass is 332 g/mol. The third kappa shape index (κ3) is 2.45. The van der Waals surface area contributed by atoms with Crippen molar-refractivity contribution in [1.29, 1.82) is 0 Å². The highest BCUT2D eigenvalue weighted by Crippen LogP contribution is 2.55. The number of carboxylic acids is 1. The SMILES string of the molecule is NCCN1CC(Oc2ccc3c(c2C(=O)O)OB(O)[C@@H]2CC[C@H]32)C1. The lowest BCUT2D eigenvalue weighted by molar-refractivity contribution is 0.0210. The number of rotatable bonds is 5. The largest absolute Gasteiger partial charge is 0.535 e. The summed E-state index contributed by atoms with van der Waals surface area (Å²) in [5, 5.41) is 19.8. The molecule has 1 aliphatic carbocycles. The van der Waals surface area contributed by atoms with Crippen molar-refractivity contribution >= 4 is 13.1 Å². The molecule has 0 unspecified atom stereocenters. The highest BCUT2D eigenvalue weighted by molar-refractivity contribution is 6.47. The maximum Gasteiger partial charge on any atom is 0.526 e. The Hall–Kier alpha value is -1.77. The Bertz CT molecular complexity index is 664. The predicted molar refractivity (Wildman–Crippen MR) is 87.6 cm³/mol. The second-order valence-electron chi connectivity index (χ2n) is 6.81. The third-order valence-electron chi connectivity index (χ3n) is 5.36. The molecule has 2 heterocycles. The van der Waals surface area contributed by atoms with Crippen LogP contribution in [0.2, 0.25) is 5.82 Å². The van der Waals surface area contributed by atoms with Gasteiger partial charge in [-0.1, -0.05) is 6.07 Å². The normalized spacial score (nSPS) is 25.8. The van der Waals surface area contributed by atoms with Gasteiger partial charge in [0.05, 0.1) is 0 Å². The number of nitrogens with zero attached hydrogens (tertiary/aromatic N) is 1. The third-order valence-corrected chi connectivity index (χ3v) is 5.36. The first-order valence-electron chi connectivity index (χ1n) is 8.42. The Morgan fingerprint density at radius 3 is 2.83 bits per heavy atom. The van der Waals surface area contributed by atoms with Gasteiger partial charge in [0.15, 0.2) is 0 Å². The van der Waals surface area contributed by atoms with Crippen molar-refractivity contribution in [2.24, 2.45) is 5.73 Å². The zero-order chi connectivity index (χ0) is 16.8. The molecule has 2 aliphatic heterocycles. The van der Waals surface area contributed by atoms with E-state index in [1.807, 2.05) is 6.07 Å². The van der Waals surface area contributed by atoms with Crippen LogP contribution in [-0.2, 0) is 0 Å². The van der Waals surface area contributed by atoms with Gasteiger partial charge >= 0.3 is 13.1 Å². The minimum atomic E-state index is -1.09. The van der Waals surface area contributed by atoms with Crippen molar-refractivity contribution < 1.29 is 24.3 Å². The average Bonchev–Trinajstić information content (AvgIpc) is 2.44. The van der Waals surface area contributed by atoms with Crippen molar-refractivity contribution in [3.63, 3.8) is 0 Å². The number of ether oxygens (including phenoxy) is 1. The van der Waals surface area contributed by atoms with Gasteiger partial charge in [-0.3, -0.25) is 4.90 Å². The topological polar surface area (TPSA) is 105 Å². The van der Waals surface area contributed by atoms with Gasteiger partial charge in [0.1, 0.15) is 23.2 Å². The molecule has 0 radical (unpaired) electrons. The number of carboxylic acid groups (broad SMARTS) is 1. The summed E-state index contributed by atoms with van der Waals surface area (Å²) in [6.45, 7) is 2.89. The van der Waals surface area contributed by atoms with E-state index in [9.17, 15) is 14.9 Å². The first kappa shape index (κ1) is 15.7. The Labute approximate surface area is 140 Å². The molecule has 0 spiro atoms. The van der Waals surface area contributed by atoms with E-state index in [0.29, 0.717) is 12.3 Å². The van der Waals surface area contributed by atoms with Crippen LogP contribution in [0.5, 0.6) is 11.5 Å². The molecule has 2 fully saturated rings. The lowest BCUT2D eigenvalue weighted by atomic mass is 9.51. The quantitative estimate of drug-likeness (QED) is 0.675. The Balaban J connectivity index is 1.59. The smallest absolute Gasteiger partial charge is 0.526 e. The summed E-state index contributed by atoms with van der Waals surface area (Å²) in [7, 11) is -0.937.